The van der Waals surface area contributed by atoms with Crippen LogP contribution in [0.2, 0.25) is 0 Å². The Morgan fingerprint density at radius 3 is 2.60 bits per heavy atom. The van der Waals surface area contributed by atoms with E-state index in [1.54, 1.807) is 11.1 Å². The van der Waals surface area contributed by atoms with Gasteiger partial charge < -0.3 is 4.90 Å². The highest BCUT2D eigenvalue weighted by Crippen LogP contribution is 2.44. The number of hydrogen-bond donors (Lipinski definition) is 0. The van der Waals surface area contributed by atoms with Gasteiger partial charge in [0.1, 0.15) is 0 Å². The first kappa shape index (κ1) is 25.1. The van der Waals surface area contributed by atoms with Crippen molar-refractivity contribution in [2.45, 2.75) is 61.0 Å². The number of hydrogen-bond acceptors (Lipinski definition) is 4. The lowest BCUT2D eigenvalue weighted by Crippen LogP contribution is -2.41. The Labute approximate surface area is 220 Å². The van der Waals surface area contributed by atoms with E-state index in [4.69, 9.17) is 0 Å². The molecular weight excluding hydrogens is 464 g/mol. The summed E-state index contributed by atoms with van der Waals surface area (Å²) < 4.78 is 3.88. The van der Waals surface area contributed by atoms with E-state index in [1.165, 1.54) is 80.8 Å². The van der Waals surface area contributed by atoms with E-state index >= 15 is 0 Å². The SMILES string of the molecule is CN(CC1(CCN2CCC(CCCc3ccccc3)CC2)CCc2ccccc21)Sc1cccs1. The van der Waals surface area contributed by atoms with E-state index in [0.717, 1.165) is 12.5 Å². The maximum absolute atomic E-state index is 2.77. The summed E-state index contributed by atoms with van der Waals surface area (Å²) in [5.41, 5.74) is 4.98. The molecule has 0 spiro atoms. The number of benzene rings is 2. The molecule has 5 rings (SSSR count). The van der Waals surface area contributed by atoms with Gasteiger partial charge in [0.15, 0.2) is 0 Å². The zero-order chi connectivity index (χ0) is 23.9. The van der Waals surface area contributed by atoms with Gasteiger partial charge in [-0.05, 0) is 118 Å². The number of likely N-dealkylation sites (tertiary alicyclic amines) is 1. The molecular formula is C31H40N2S2. The van der Waals surface area contributed by atoms with E-state index < -0.39 is 0 Å². The van der Waals surface area contributed by atoms with Crippen LogP contribution < -0.4 is 0 Å². The zero-order valence-electron chi connectivity index (χ0n) is 21.2. The van der Waals surface area contributed by atoms with Crippen LogP contribution in [0.15, 0.2) is 76.3 Å². The molecule has 2 heterocycles. The van der Waals surface area contributed by atoms with Gasteiger partial charge in [-0.2, -0.15) is 0 Å². The van der Waals surface area contributed by atoms with Crippen molar-refractivity contribution in [1.29, 1.82) is 0 Å². The van der Waals surface area contributed by atoms with Crippen LogP contribution in [-0.2, 0) is 18.3 Å². The predicted molar refractivity (Wildman–Crippen MR) is 152 cm³/mol. The number of fused-ring (bicyclic) bond motifs is 1. The third-order valence-electron chi connectivity index (χ3n) is 8.26. The standard InChI is InChI=1S/C31H40N2S2/c1-32(35-30-15-8-24-34-30)25-31(19-16-28-13-5-6-14-29(28)31)20-23-33-21-17-27(18-22-33)12-7-11-26-9-3-2-4-10-26/h2-6,8-10,13-15,24,27H,7,11-12,16-23,25H2,1H3. The monoisotopic (exact) mass is 504 g/mol. The minimum atomic E-state index is 0.280. The number of likely N-dealkylation sites (N-methyl/N-ethyl adjacent to an activating group) is 1. The highest BCUT2D eigenvalue weighted by atomic mass is 32.2. The van der Waals surface area contributed by atoms with Gasteiger partial charge in [0.2, 0.25) is 0 Å². The molecule has 0 N–H and O–H groups in total. The van der Waals surface area contributed by atoms with E-state index in [2.05, 4.69) is 88.4 Å². The van der Waals surface area contributed by atoms with Crippen LogP contribution in [-0.4, -0.2) is 42.4 Å². The molecule has 1 aliphatic carbocycles. The van der Waals surface area contributed by atoms with Crippen molar-refractivity contribution < 1.29 is 0 Å². The molecule has 1 aliphatic heterocycles. The molecule has 0 saturated carbocycles. The predicted octanol–water partition coefficient (Wildman–Crippen LogP) is 7.70. The molecule has 2 aromatic carbocycles. The minimum Gasteiger partial charge on any atom is -0.303 e. The van der Waals surface area contributed by atoms with Crippen LogP contribution in [0.4, 0.5) is 0 Å². The Morgan fingerprint density at radius 1 is 1.00 bits per heavy atom. The summed E-state index contributed by atoms with van der Waals surface area (Å²) in [7, 11) is 2.29. The van der Waals surface area contributed by atoms with Crippen molar-refractivity contribution in [2.75, 3.05) is 33.2 Å². The second kappa shape index (κ2) is 12.1. The number of thiophene rings is 1. The van der Waals surface area contributed by atoms with Crippen molar-refractivity contribution in [3.05, 3.63) is 88.8 Å². The molecule has 186 valence electrons. The summed E-state index contributed by atoms with van der Waals surface area (Å²) in [6, 6.07) is 24.7. The molecule has 1 aromatic heterocycles. The molecule has 1 saturated heterocycles. The molecule has 2 aliphatic rings. The maximum Gasteiger partial charge on any atom is 0.0753 e. The van der Waals surface area contributed by atoms with Crippen LogP contribution in [0.1, 0.15) is 55.2 Å². The van der Waals surface area contributed by atoms with Gasteiger partial charge in [0.05, 0.1) is 4.21 Å². The second-order valence-electron chi connectivity index (χ2n) is 10.7. The number of nitrogens with zero attached hydrogens (tertiary/aromatic N) is 2. The van der Waals surface area contributed by atoms with Gasteiger partial charge in [0.25, 0.3) is 0 Å². The van der Waals surface area contributed by atoms with Gasteiger partial charge in [-0.3, -0.25) is 0 Å². The largest absolute Gasteiger partial charge is 0.303 e. The molecule has 4 heteroatoms. The van der Waals surface area contributed by atoms with Crippen molar-refractivity contribution in [3.8, 4) is 0 Å². The lowest BCUT2D eigenvalue weighted by atomic mass is 9.78. The molecule has 1 fully saturated rings. The first-order valence-electron chi connectivity index (χ1n) is 13.5. The summed E-state index contributed by atoms with van der Waals surface area (Å²) in [6.07, 6.45) is 10.5. The number of aryl methyl sites for hydroxylation is 2. The molecule has 0 bridgehead atoms. The van der Waals surface area contributed by atoms with Crippen LogP contribution in [0.5, 0.6) is 0 Å². The van der Waals surface area contributed by atoms with Crippen LogP contribution in [0.3, 0.4) is 0 Å². The van der Waals surface area contributed by atoms with Crippen molar-refractivity contribution in [1.82, 2.24) is 9.21 Å². The third-order valence-corrected chi connectivity index (χ3v) is 10.2. The third kappa shape index (κ3) is 6.60. The lowest BCUT2D eigenvalue weighted by Gasteiger charge is -2.38. The van der Waals surface area contributed by atoms with Gasteiger partial charge in [-0.15, -0.1) is 11.3 Å². The van der Waals surface area contributed by atoms with Gasteiger partial charge in [0, 0.05) is 12.0 Å². The Kier molecular flexibility index (Phi) is 8.67. The summed E-state index contributed by atoms with van der Waals surface area (Å²) in [5.74, 6) is 0.921. The fourth-order valence-electron chi connectivity index (χ4n) is 6.31. The molecule has 2 nitrogen and oxygen atoms in total. The Bertz CT molecular complexity index is 1030. The van der Waals surface area contributed by atoms with Crippen molar-refractivity contribution in [3.63, 3.8) is 0 Å². The van der Waals surface area contributed by atoms with Crippen LogP contribution >= 0.6 is 23.3 Å². The molecule has 1 unspecified atom stereocenters. The lowest BCUT2D eigenvalue weighted by molar-refractivity contribution is 0.158. The quantitative estimate of drug-likeness (QED) is 0.247. The van der Waals surface area contributed by atoms with E-state index in [9.17, 15) is 0 Å². The Balaban J connectivity index is 1.13. The fourth-order valence-corrected chi connectivity index (χ4v) is 8.23. The number of rotatable bonds is 11. The zero-order valence-corrected chi connectivity index (χ0v) is 22.8. The Morgan fingerprint density at radius 2 is 1.80 bits per heavy atom. The average molecular weight is 505 g/mol. The van der Waals surface area contributed by atoms with E-state index in [-0.39, 0.29) is 5.41 Å². The first-order chi connectivity index (χ1) is 17.2. The van der Waals surface area contributed by atoms with Gasteiger partial charge in [-0.1, -0.05) is 67.1 Å². The average Bonchev–Trinajstić information content (AvgIpc) is 3.53. The van der Waals surface area contributed by atoms with Crippen LogP contribution in [0.25, 0.3) is 0 Å². The maximum atomic E-state index is 2.77. The molecule has 1 atom stereocenters. The van der Waals surface area contributed by atoms with Crippen LogP contribution in [0, 0.1) is 5.92 Å². The Hall–Kier alpha value is -1.59. The van der Waals surface area contributed by atoms with Gasteiger partial charge in [-0.25, -0.2) is 4.31 Å². The summed E-state index contributed by atoms with van der Waals surface area (Å²) in [4.78, 5) is 2.77. The molecule has 0 radical (unpaired) electrons. The number of piperidine rings is 1. The first-order valence-corrected chi connectivity index (χ1v) is 15.1. The van der Waals surface area contributed by atoms with Crippen molar-refractivity contribution in [2.24, 2.45) is 5.92 Å². The summed E-state index contributed by atoms with van der Waals surface area (Å²) in [6.45, 7) is 4.94. The topological polar surface area (TPSA) is 6.48 Å². The second-order valence-corrected chi connectivity index (χ2v) is 13.1. The molecule has 35 heavy (non-hydrogen) atoms. The van der Waals surface area contributed by atoms with E-state index in [1.807, 2.05) is 23.3 Å². The fraction of sp³-hybridized carbons (Fsp3) is 0.484. The smallest absolute Gasteiger partial charge is 0.0753 e. The summed E-state index contributed by atoms with van der Waals surface area (Å²) in [5, 5.41) is 2.18. The highest BCUT2D eigenvalue weighted by Gasteiger charge is 2.39. The molecule has 3 aromatic rings. The highest BCUT2D eigenvalue weighted by molar-refractivity contribution is 7.98. The summed E-state index contributed by atoms with van der Waals surface area (Å²) >= 11 is 3.76. The van der Waals surface area contributed by atoms with Gasteiger partial charge >= 0.3 is 0 Å². The normalized spacial score (nSPS) is 21.0. The molecule has 0 amide bonds. The van der Waals surface area contributed by atoms with Crippen molar-refractivity contribution >= 4 is 23.3 Å². The minimum absolute atomic E-state index is 0.280. The van der Waals surface area contributed by atoms with E-state index in [0.29, 0.717) is 0 Å².